The molecule has 0 aliphatic carbocycles. The van der Waals surface area contributed by atoms with Gasteiger partial charge in [0, 0.05) is 28.6 Å². The molecule has 140 valence electrons. The lowest BCUT2D eigenvalue weighted by molar-refractivity contribution is 0.0942. The number of benzene rings is 2. The second kappa shape index (κ2) is 7.19. The van der Waals surface area contributed by atoms with Crippen LogP contribution in [0.15, 0.2) is 47.4 Å². The molecule has 0 unspecified atom stereocenters. The number of carbonyl (C=O) groups excluding carboxylic acids is 1. The Labute approximate surface area is 162 Å². The lowest BCUT2D eigenvalue weighted by atomic mass is 10.2. The number of methoxy groups -OCH3 is 2. The van der Waals surface area contributed by atoms with Crippen LogP contribution in [-0.4, -0.2) is 29.9 Å². The maximum absolute atomic E-state index is 12.9. The third-order valence-electron chi connectivity index (χ3n) is 4.78. The SMILES string of the molecule is COc1ccc(CNC(=O)c2cc3cccc4c3n2C[C@H](C)S4)cc1OC. The first-order valence-electron chi connectivity index (χ1n) is 8.88. The van der Waals surface area contributed by atoms with Gasteiger partial charge in [0.05, 0.1) is 19.7 Å². The van der Waals surface area contributed by atoms with Crippen molar-refractivity contribution in [2.75, 3.05) is 14.2 Å². The number of ether oxygens (including phenoxy) is 2. The zero-order chi connectivity index (χ0) is 19.0. The van der Waals surface area contributed by atoms with Gasteiger partial charge in [-0.25, -0.2) is 0 Å². The summed E-state index contributed by atoms with van der Waals surface area (Å²) in [7, 11) is 3.21. The fourth-order valence-electron chi connectivity index (χ4n) is 3.54. The molecule has 4 rings (SSSR count). The van der Waals surface area contributed by atoms with Crippen LogP contribution in [0.3, 0.4) is 0 Å². The van der Waals surface area contributed by atoms with Gasteiger partial charge in [-0.05, 0) is 29.8 Å². The zero-order valence-corrected chi connectivity index (χ0v) is 16.4. The van der Waals surface area contributed by atoms with E-state index in [0.717, 1.165) is 23.0 Å². The fraction of sp³-hybridized carbons (Fsp3) is 0.286. The van der Waals surface area contributed by atoms with Crippen LogP contribution in [-0.2, 0) is 13.1 Å². The molecule has 1 atom stereocenters. The molecule has 0 saturated carbocycles. The van der Waals surface area contributed by atoms with Crippen LogP contribution in [0.4, 0.5) is 0 Å². The highest BCUT2D eigenvalue weighted by molar-refractivity contribution is 8.00. The number of aromatic nitrogens is 1. The largest absolute Gasteiger partial charge is 0.493 e. The Kier molecular flexibility index (Phi) is 4.74. The first-order chi connectivity index (χ1) is 13.1. The third kappa shape index (κ3) is 3.25. The Hall–Kier alpha value is -2.60. The van der Waals surface area contributed by atoms with Crippen molar-refractivity contribution in [3.05, 3.63) is 53.7 Å². The Balaban J connectivity index is 1.58. The Morgan fingerprint density at radius 2 is 2.00 bits per heavy atom. The normalized spacial score (nSPS) is 15.6. The summed E-state index contributed by atoms with van der Waals surface area (Å²) in [6.45, 7) is 3.46. The molecule has 1 aliphatic rings. The van der Waals surface area contributed by atoms with Crippen LogP contribution in [0.5, 0.6) is 11.5 Å². The van der Waals surface area contributed by atoms with E-state index in [9.17, 15) is 4.79 Å². The molecule has 27 heavy (non-hydrogen) atoms. The minimum absolute atomic E-state index is 0.0639. The average Bonchev–Trinajstić information content (AvgIpc) is 3.05. The molecule has 2 heterocycles. The van der Waals surface area contributed by atoms with Crippen molar-refractivity contribution in [2.45, 2.75) is 30.2 Å². The number of thioether (sulfide) groups is 1. The predicted molar refractivity (Wildman–Crippen MR) is 108 cm³/mol. The molecule has 0 saturated heterocycles. The number of carbonyl (C=O) groups is 1. The summed E-state index contributed by atoms with van der Waals surface area (Å²) in [4.78, 5) is 14.1. The summed E-state index contributed by atoms with van der Waals surface area (Å²) >= 11 is 1.87. The highest BCUT2D eigenvalue weighted by Crippen LogP contribution is 2.38. The molecule has 5 nitrogen and oxygen atoms in total. The Morgan fingerprint density at radius 3 is 2.78 bits per heavy atom. The Morgan fingerprint density at radius 1 is 1.19 bits per heavy atom. The summed E-state index contributed by atoms with van der Waals surface area (Å²) in [5.74, 6) is 1.27. The van der Waals surface area contributed by atoms with Crippen LogP contribution in [0.2, 0.25) is 0 Å². The van der Waals surface area contributed by atoms with Crippen molar-refractivity contribution >= 4 is 28.6 Å². The lowest BCUT2D eigenvalue weighted by Gasteiger charge is -2.22. The maximum atomic E-state index is 12.9. The Bertz CT molecular complexity index is 1010. The fourth-order valence-corrected chi connectivity index (χ4v) is 4.69. The second-order valence-corrected chi connectivity index (χ2v) is 8.11. The minimum Gasteiger partial charge on any atom is -0.493 e. The van der Waals surface area contributed by atoms with E-state index in [-0.39, 0.29) is 5.91 Å². The summed E-state index contributed by atoms with van der Waals surface area (Å²) in [6, 6.07) is 13.9. The van der Waals surface area contributed by atoms with Gasteiger partial charge in [-0.1, -0.05) is 25.1 Å². The quantitative estimate of drug-likeness (QED) is 0.722. The van der Waals surface area contributed by atoms with E-state index in [1.54, 1.807) is 14.2 Å². The van der Waals surface area contributed by atoms with Crippen molar-refractivity contribution in [3.63, 3.8) is 0 Å². The van der Waals surface area contributed by atoms with Crippen LogP contribution in [0.25, 0.3) is 10.9 Å². The van der Waals surface area contributed by atoms with Gasteiger partial charge in [0.25, 0.3) is 5.91 Å². The molecule has 1 aliphatic heterocycles. The molecule has 3 aromatic rings. The van der Waals surface area contributed by atoms with Crippen molar-refractivity contribution in [1.29, 1.82) is 0 Å². The molecule has 0 fully saturated rings. The first-order valence-corrected chi connectivity index (χ1v) is 9.76. The molecule has 6 heteroatoms. The number of amides is 1. The number of rotatable bonds is 5. The molecular formula is C21H22N2O3S. The van der Waals surface area contributed by atoms with E-state index in [1.165, 1.54) is 4.90 Å². The molecule has 1 aromatic heterocycles. The number of nitrogens with one attached hydrogen (secondary N) is 1. The van der Waals surface area contributed by atoms with E-state index in [0.29, 0.717) is 29.0 Å². The van der Waals surface area contributed by atoms with Gasteiger partial charge in [0.1, 0.15) is 5.69 Å². The number of nitrogens with zero attached hydrogens (tertiary/aromatic N) is 1. The van der Waals surface area contributed by atoms with E-state index in [1.807, 2.05) is 36.0 Å². The van der Waals surface area contributed by atoms with Gasteiger partial charge in [0.2, 0.25) is 0 Å². The average molecular weight is 382 g/mol. The predicted octanol–water partition coefficient (Wildman–Crippen LogP) is 4.08. The molecule has 1 amide bonds. The van der Waals surface area contributed by atoms with Crippen molar-refractivity contribution in [3.8, 4) is 11.5 Å². The molecule has 2 aromatic carbocycles. The van der Waals surface area contributed by atoms with E-state index in [2.05, 4.69) is 35.0 Å². The van der Waals surface area contributed by atoms with Crippen molar-refractivity contribution < 1.29 is 14.3 Å². The number of hydrogen-bond acceptors (Lipinski definition) is 4. The molecule has 0 spiro atoms. The van der Waals surface area contributed by atoms with Crippen LogP contribution >= 0.6 is 11.8 Å². The first kappa shape index (κ1) is 17.8. The lowest BCUT2D eigenvalue weighted by Crippen LogP contribution is -2.27. The maximum Gasteiger partial charge on any atom is 0.268 e. The molecule has 1 N–H and O–H groups in total. The molecule has 0 bridgehead atoms. The monoisotopic (exact) mass is 382 g/mol. The topological polar surface area (TPSA) is 52.5 Å². The van der Waals surface area contributed by atoms with Gasteiger partial charge in [-0.15, -0.1) is 11.8 Å². The van der Waals surface area contributed by atoms with E-state index in [4.69, 9.17) is 9.47 Å². The van der Waals surface area contributed by atoms with Gasteiger partial charge in [-0.2, -0.15) is 0 Å². The summed E-state index contributed by atoms with van der Waals surface area (Å²) in [5.41, 5.74) is 2.84. The summed E-state index contributed by atoms with van der Waals surface area (Å²) in [6.07, 6.45) is 0. The molecular weight excluding hydrogens is 360 g/mol. The van der Waals surface area contributed by atoms with Gasteiger partial charge < -0.3 is 19.4 Å². The second-order valence-electron chi connectivity index (χ2n) is 6.63. The highest BCUT2D eigenvalue weighted by Gasteiger charge is 2.23. The van der Waals surface area contributed by atoms with Crippen molar-refractivity contribution in [1.82, 2.24) is 9.88 Å². The van der Waals surface area contributed by atoms with Gasteiger partial charge >= 0.3 is 0 Å². The smallest absolute Gasteiger partial charge is 0.268 e. The van der Waals surface area contributed by atoms with Crippen molar-refractivity contribution in [2.24, 2.45) is 0 Å². The number of hydrogen-bond donors (Lipinski definition) is 1. The zero-order valence-electron chi connectivity index (χ0n) is 15.6. The number of para-hydroxylation sites is 1. The summed E-state index contributed by atoms with van der Waals surface area (Å²) in [5, 5.41) is 4.59. The third-order valence-corrected chi connectivity index (χ3v) is 5.92. The van der Waals surface area contributed by atoms with E-state index >= 15 is 0 Å². The molecule has 0 radical (unpaired) electrons. The van der Waals surface area contributed by atoms with Gasteiger partial charge in [0.15, 0.2) is 11.5 Å². The minimum atomic E-state index is -0.0639. The van der Waals surface area contributed by atoms with Crippen LogP contribution in [0.1, 0.15) is 23.0 Å². The summed E-state index contributed by atoms with van der Waals surface area (Å²) < 4.78 is 12.7. The van der Waals surface area contributed by atoms with Crippen LogP contribution in [0, 0.1) is 0 Å². The van der Waals surface area contributed by atoms with E-state index < -0.39 is 0 Å². The standard InChI is InChI=1S/C21H22N2O3S/c1-13-12-23-16(10-15-5-4-6-19(27-13)20(15)23)21(24)22-11-14-7-8-17(25-2)18(9-14)26-3/h4-10,13H,11-12H2,1-3H3,(H,22,24)/t13-/m0/s1. The highest BCUT2D eigenvalue weighted by atomic mass is 32.2. The van der Waals surface area contributed by atoms with Gasteiger partial charge in [-0.3, -0.25) is 4.79 Å². The van der Waals surface area contributed by atoms with Crippen LogP contribution < -0.4 is 14.8 Å².